The van der Waals surface area contributed by atoms with Crippen molar-refractivity contribution in [1.82, 2.24) is 9.97 Å². The predicted molar refractivity (Wildman–Crippen MR) is 97.0 cm³/mol. The molecule has 4 rings (SSSR count). The Labute approximate surface area is 144 Å². The van der Waals surface area contributed by atoms with Crippen molar-refractivity contribution >= 4 is 34.7 Å². The van der Waals surface area contributed by atoms with E-state index in [1.165, 1.54) is 0 Å². The molecule has 2 aliphatic rings. The fourth-order valence-electron chi connectivity index (χ4n) is 3.34. The number of hydrazine groups is 2. The van der Waals surface area contributed by atoms with E-state index < -0.39 is 0 Å². The molecule has 3 N–H and O–H groups in total. The van der Waals surface area contributed by atoms with Gasteiger partial charge in [-0.25, -0.2) is 0 Å². The zero-order valence-electron chi connectivity index (χ0n) is 13.6. The molecule has 0 spiro atoms. The molecule has 1 fully saturated rings. The first-order valence-electron chi connectivity index (χ1n) is 8.02. The first-order valence-corrected chi connectivity index (χ1v) is 8.40. The number of fused-ring (bicyclic) bond motifs is 1. The van der Waals surface area contributed by atoms with Crippen LogP contribution in [0.25, 0.3) is 0 Å². The van der Waals surface area contributed by atoms with E-state index in [4.69, 9.17) is 11.6 Å². The number of aromatic nitrogens is 2. The number of halogens is 1. The lowest BCUT2D eigenvalue weighted by atomic mass is 10.1. The van der Waals surface area contributed by atoms with E-state index in [0.29, 0.717) is 22.5 Å². The fourth-order valence-corrected chi connectivity index (χ4v) is 3.67. The number of anilines is 4. The molecule has 2 aliphatic heterocycles. The van der Waals surface area contributed by atoms with Gasteiger partial charge in [-0.2, -0.15) is 10.1 Å². The van der Waals surface area contributed by atoms with Crippen molar-refractivity contribution in [3.8, 4) is 0 Å². The minimum absolute atomic E-state index is 0.179. The number of rotatable bonds is 2. The van der Waals surface area contributed by atoms with Crippen LogP contribution < -0.4 is 26.4 Å². The van der Waals surface area contributed by atoms with E-state index in [0.717, 1.165) is 42.7 Å². The van der Waals surface area contributed by atoms with Crippen LogP contribution in [0.4, 0.5) is 23.1 Å². The lowest BCUT2D eigenvalue weighted by Crippen LogP contribution is -2.31. The van der Waals surface area contributed by atoms with Crippen LogP contribution in [0.1, 0.15) is 24.0 Å². The van der Waals surface area contributed by atoms with Gasteiger partial charge in [-0.3, -0.25) is 20.6 Å². The molecule has 1 aromatic heterocycles. The molecule has 2 aromatic rings. The number of hydrogen-bond donors (Lipinski definition) is 3. The Morgan fingerprint density at radius 2 is 1.79 bits per heavy atom. The summed E-state index contributed by atoms with van der Waals surface area (Å²) < 4.78 is 0. The molecular weight excluding hydrogens is 328 g/mol. The van der Waals surface area contributed by atoms with Gasteiger partial charge in [-0.15, -0.1) is 0 Å². The Balaban J connectivity index is 1.69. The number of nitrogens with one attached hydrogen (secondary N) is 3. The number of aryl methyl sites for hydroxylation is 2. The van der Waals surface area contributed by atoms with Gasteiger partial charge in [0.2, 0.25) is 5.95 Å². The SMILES string of the molecule is Cc1cc(Cl)cc(C)c1N1Nc2nc(N3CCCC3)[nH]c(=O)c2N1. The minimum Gasteiger partial charge on any atom is -0.342 e. The third kappa shape index (κ3) is 2.45. The second-order valence-corrected chi connectivity index (χ2v) is 6.69. The van der Waals surface area contributed by atoms with Crippen LogP contribution in [0.3, 0.4) is 0 Å². The van der Waals surface area contributed by atoms with Gasteiger partial charge in [0.25, 0.3) is 5.56 Å². The largest absolute Gasteiger partial charge is 0.342 e. The van der Waals surface area contributed by atoms with Gasteiger partial charge in [0.15, 0.2) is 11.5 Å². The van der Waals surface area contributed by atoms with Crippen molar-refractivity contribution in [2.45, 2.75) is 26.7 Å². The minimum atomic E-state index is -0.179. The molecule has 0 amide bonds. The maximum Gasteiger partial charge on any atom is 0.279 e. The molecule has 126 valence electrons. The average molecular weight is 347 g/mol. The Morgan fingerprint density at radius 3 is 2.46 bits per heavy atom. The number of benzene rings is 1. The van der Waals surface area contributed by atoms with Gasteiger partial charge < -0.3 is 4.90 Å². The zero-order chi connectivity index (χ0) is 16.8. The highest BCUT2D eigenvalue weighted by Gasteiger charge is 2.27. The molecule has 0 radical (unpaired) electrons. The number of aromatic amines is 1. The van der Waals surface area contributed by atoms with Crippen LogP contribution in [0, 0.1) is 13.8 Å². The number of nitrogens with zero attached hydrogens (tertiary/aromatic N) is 3. The highest BCUT2D eigenvalue weighted by Crippen LogP contribution is 2.33. The van der Waals surface area contributed by atoms with E-state index in [-0.39, 0.29) is 5.56 Å². The Morgan fingerprint density at radius 1 is 1.12 bits per heavy atom. The second-order valence-electron chi connectivity index (χ2n) is 6.25. The second kappa shape index (κ2) is 5.59. The van der Waals surface area contributed by atoms with E-state index in [9.17, 15) is 4.79 Å². The van der Waals surface area contributed by atoms with Crippen molar-refractivity contribution in [1.29, 1.82) is 0 Å². The fraction of sp³-hybridized carbons (Fsp3) is 0.375. The summed E-state index contributed by atoms with van der Waals surface area (Å²) in [6, 6.07) is 3.78. The number of H-pyrrole nitrogens is 1. The monoisotopic (exact) mass is 346 g/mol. The maximum absolute atomic E-state index is 12.4. The van der Waals surface area contributed by atoms with Gasteiger partial charge in [-0.1, -0.05) is 11.6 Å². The van der Waals surface area contributed by atoms with Crippen LogP contribution in [0.2, 0.25) is 5.02 Å². The smallest absolute Gasteiger partial charge is 0.279 e. The van der Waals surface area contributed by atoms with E-state index in [2.05, 4.69) is 25.7 Å². The van der Waals surface area contributed by atoms with Gasteiger partial charge >= 0.3 is 0 Å². The molecule has 1 saturated heterocycles. The topological polar surface area (TPSA) is 76.3 Å². The molecule has 3 heterocycles. The van der Waals surface area contributed by atoms with Gasteiger partial charge in [-0.05, 0) is 49.9 Å². The van der Waals surface area contributed by atoms with Crippen molar-refractivity contribution < 1.29 is 0 Å². The molecule has 1 aromatic carbocycles. The summed E-state index contributed by atoms with van der Waals surface area (Å²) in [7, 11) is 0. The van der Waals surface area contributed by atoms with E-state index >= 15 is 0 Å². The molecule has 7 nitrogen and oxygen atoms in total. The van der Waals surface area contributed by atoms with Crippen molar-refractivity contribution in [2.24, 2.45) is 0 Å². The lowest BCUT2D eigenvalue weighted by Gasteiger charge is -2.22. The first-order chi connectivity index (χ1) is 11.5. The van der Waals surface area contributed by atoms with Crippen LogP contribution in [-0.2, 0) is 0 Å². The molecule has 0 bridgehead atoms. The van der Waals surface area contributed by atoms with Gasteiger partial charge in [0, 0.05) is 18.1 Å². The quantitative estimate of drug-likeness (QED) is 0.776. The normalized spacial score (nSPS) is 16.1. The average Bonchev–Trinajstić information content (AvgIpc) is 3.14. The number of hydrogen-bond acceptors (Lipinski definition) is 6. The van der Waals surface area contributed by atoms with E-state index in [1.54, 1.807) is 5.12 Å². The standard InChI is InChI=1S/C16H19ClN6O/c1-9-7-11(17)8-10(2)13(9)23-20-12-14(21-23)18-16(19-15(12)24)22-5-3-4-6-22/h7-8,20H,3-6H2,1-2H3,(H2,18,19,21,24). The first kappa shape index (κ1) is 15.1. The third-order valence-corrected chi connectivity index (χ3v) is 4.65. The summed E-state index contributed by atoms with van der Waals surface area (Å²) in [4.78, 5) is 22.0. The van der Waals surface area contributed by atoms with Crippen LogP contribution in [0.15, 0.2) is 16.9 Å². The summed E-state index contributed by atoms with van der Waals surface area (Å²) in [5.41, 5.74) is 9.45. The highest BCUT2D eigenvalue weighted by molar-refractivity contribution is 6.30. The van der Waals surface area contributed by atoms with Crippen LogP contribution in [-0.4, -0.2) is 23.1 Å². The van der Waals surface area contributed by atoms with Gasteiger partial charge in [0.1, 0.15) is 0 Å². The Bertz CT molecular complexity index is 835. The molecular formula is C16H19ClN6O. The molecule has 0 atom stereocenters. The maximum atomic E-state index is 12.4. The molecule has 8 heteroatoms. The third-order valence-electron chi connectivity index (χ3n) is 4.43. The zero-order valence-corrected chi connectivity index (χ0v) is 14.4. The molecule has 0 aliphatic carbocycles. The Kier molecular flexibility index (Phi) is 3.53. The van der Waals surface area contributed by atoms with Crippen molar-refractivity contribution in [2.75, 3.05) is 34.0 Å². The predicted octanol–water partition coefficient (Wildman–Crippen LogP) is 2.81. The Hall–Kier alpha value is -2.41. The molecule has 0 saturated carbocycles. The summed E-state index contributed by atoms with van der Waals surface area (Å²) in [5.74, 6) is 1.16. The summed E-state index contributed by atoms with van der Waals surface area (Å²) in [5, 5.41) is 2.42. The molecule has 24 heavy (non-hydrogen) atoms. The van der Waals surface area contributed by atoms with Crippen molar-refractivity contribution in [3.05, 3.63) is 38.6 Å². The summed E-state index contributed by atoms with van der Waals surface area (Å²) in [6.07, 6.45) is 2.25. The lowest BCUT2D eigenvalue weighted by molar-refractivity contribution is 0.894. The molecule has 0 unspecified atom stereocenters. The van der Waals surface area contributed by atoms with E-state index in [1.807, 2.05) is 26.0 Å². The van der Waals surface area contributed by atoms with Crippen LogP contribution in [0.5, 0.6) is 0 Å². The summed E-state index contributed by atoms with van der Waals surface area (Å²) >= 11 is 6.10. The highest BCUT2D eigenvalue weighted by atomic mass is 35.5. The summed E-state index contributed by atoms with van der Waals surface area (Å²) in [6.45, 7) is 5.81. The van der Waals surface area contributed by atoms with Gasteiger partial charge in [0.05, 0.1) is 5.69 Å². The van der Waals surface area contributed by atoms with Crippen molar-refractivity contribution in [3.63, 3.8) is 0 Å². The van der Waals surface area contributed by atoms with Crippen LogP contribution >= 0.6 is 11.6 Å².